The van der Waals surface area contributed by atoms with Crippen molar-refractivity contribution in [2.45, 2.75) is 37.5 Å². The molecule has 3 heteroatoms. The molecular formula is C13H16N2O. The maximum absolute atomic E-state index is 9.04. The third kappa shape index (κ3) is 2.24. The topological polar surface area (TPSA) is 59.0 Å². The van der Waals surface area contributed by atoms with Gasteiger partial charge in [-0.1, -0.05) is 30.3 Å². The molecule has 1 saturated carbocycles. The third-order valence-corrected chi connectivity index (χ3v) is 3.13. The van der Waals surface area contributed by atoms with Gasteiger partial charge in [-0.15, -0.1) is 0 Å². The largest absolute Gasteiger partial charge is 0.371 e. The van der Waals surface area contributed by atoms with Gasteiger partial charge in [-0.25, -0.2) is 0 Å². The van der Waals surface area contributed by atoms with Gasteiger partial charge in [0.2, 0.25) is 0 Å². The zero-order chi connectivity index (χ0) is 11.4. The van der Waals surface area contributed by atoms with Crippen LogP contribution >= 0.6 is 0 Å². The number of nitrogens with zero attached hydrogens (tertiary/aromatic N) is 1. The van der Waals surface area contributed by atoms with Crippen LogP contribution in [-0.2, 0) is 11.3 Å². The summed E-state index contributed by atoms with van der Waals surface area (Å²) in [6.45, 7) is 0.534. The highest BCUT2D eigenvalue weighted by Gasteiger charge is 2.40. The van der Waals surface area contributed by atoms with Crippen LogP contribution in [0.2, 0.25) is 0 Å². The first-order chi connectivity index (χ1) is 7.74. The van der Waals surface area contributed by atoms with Crippen LogP contribution < -0.4 is 5.73 Å². The second-order valence-electron chi connectivity index (χ2n) is 4.33. The van der Waals surface area contributed by atoms with Crippen molar-refractivity contribution in [1.82, 2.24) is 0 Å². The SMILES string of the molecule is N#CC1(N)CCCC1OCc1ccccc1. The maximum atomic E-state index is 9.04. The van der Waals surface area contributed by atoms with E-state index in [1.165, 1.54) is 0 Å². The fourth-order valence-corrected chi connectivity index (χ4v) is 2.13. The van der Waals surface area contributed by atoms with Gasteiger partial charge < -0.3 is 10.5 Å². The smallest absolute Gasteiger partial charge is 0.130 e. The summed E-state index contributed by atoms with van der Waals surface area (Å²) >= 11 is 0. The van der Waals surface area contributed by atoms with E-state index >= 15 is 0 Å². The Morgan fingerprint density at radius 2 is 2.19 bits per heavy atom. The molecule has 1 aliphatic rings. The molecule has 2 N–H and O–H groups in total. The van der Waals surface area contributed by atoms with E-state index in [0.717, 1.165) is 24.8 Å². The fourth-order valence-electron chi connectivity index (χ4n) is 2.13. The summed E-state index contributed by atoms with van der Waals surface area (Å²) in [7, 11) is 0. The molecule has 2 atom stereocenters. The van der Waals surface area contributed by atoms with Crippen LogP contribution in [0.4, 0.5) is 0 Å². The molecule has 1 aliphatic carbocycles. The van der Waals surface area contributed by atoms with Crippen LogP contribution in [-0.4, -0.2) is 11.6 Å². The summed E-state index contributed by atoms with van der Waals surface area (Å²) < 4.78 is 5.75. The van der Waals surface area contributed by atoms with Gasteiger partial charge in [0, 0.05) is 0 Å². The van der Waals surface area contributed by atoms with Crippen molar-refractivity contribution in [3.05, 3.63) is 35.9 Å². The normalized spacial score (nSPS) is 28.9. The molecule has 3 nitrogen and oxygen atoms in total. The van der Waals surface area contributed by atoms with Crippen LogP contribution in [0.3, 0.4) is 0 Å². The van der Waals surface area contributed by atoms with Crippen molar-refractivity contribution in [2.75, 3.05) is 0 Å². The third-order valence-electron chi connectivity index (χ3n) is 3.13. The van der Waals surface area contributed by atoms with Crippen LogP contribution in [0.15, 0.2) is 30.3 Å². The van der Waals surface area contributed by atoms with Crippen LogP contribution in [0.1, 0.15) is 24.8 Å². The molecule has 0 radical (unpaired) electrons. The highest BCUT2D eigenvalue weighted by Crippen LogP contribution is 2.30. The molecule has 1 aromatic rings. The van der Waals surface area contributed by atoms with Gasteiger partial charge in [-0.3, -0.25) is 0 Å². The standard InChI is InChI=1S/C13H16N2O/c14-10-13(15)8-4-7-12(13)16-9-11-5-2-1-3-6-11/h1-3,5-6,12H,4,7-9,15H2. The molecule has 1 fully saturated rings. The van der Waals surface area contributed by atoms with E-state index in [1.807, 2.05) is 30.3 Å². The van der Waals surface area contributed by atoms with Crippen molar-refractivity contribution in [2.24, 2.45) is 5.73 Å². The second-order valence-corrected chi connectivity index (χ2v) is 4.33. The van der Waals surface area contributed by atoms with Gasteiger partial charge in [-0.2, -0.15) is 5.26 Å². The van der Waals surface area contributed by atoms with Crippen molar-refractivity contribution in [1.29, 1.82) is 5.26 Å². The summed E-state index contributed by atoms with van der Waals surface area (Å²) in [4.78, 5) is 0. The molecule has 2 rings (SSSR count). The number of rotatable bonds is 3. The van der Waals surface area contributed by atoms with E-state index in [0.29, 0.717) is 6.61 Å². The van der Waals surface area contributed by atoms with E-state index in [4.69, 9.17) is 15.7 Å². The highest BCUT2D eigenvalue weighted by atomic mass is 16.5. The second kappa shape index (κ2) is 4.65. The Balaban J connectivity index is 1.94. The highest BCUT2D eigenvalue weighted by molar-refractivity contribution is 5.16. The summed E-state index contributed by atoms with van der Waals surface area (Å²) in [5, 5.41) is 9.04. The average molecular weight is 216 g/mol. The quantitative estimate of drug-likeness (QED) is 0.840. The fraction of sp³-hybridized carbons (Fsp3) is 0.462. The monoisotopic (exact) mass is 216 g/mol. The van der Waals surface area contributed by atoms with Gasteiger partial charge in [0.1, 0.15) is 5.54 Å². The molecule has 84 valence electrons. The first-order valence-corrected chi connectivity index (χ1v) is 5.60. The van der Waals surface area contributed by atoms with Crippen molar-refractivity contribution >= 4 is 0 Å². The van der Waals surface area contributed by atoms with Crippen molar-refractivity contribution < 1.29 is 4.74 Å². The molecule has 0 heterocycles. The van der Waals surface area contributed by atoms with E-state index in [1.54, 1.807) is 0 Å². The Morgan fingerprint density at radius 3 is 2.88 bits per heavy atom. The molecular weight excluding hydrogens is 200 g/mol. The summed E-state index contributed by atoms with van der Waals surface area (Å²) in [6, 6.07) is 12.1. The zero-order valence-corrected chi connectivity index (χ0v) is 9.23. The lowest BCUT2D eigenvalue weighted by Crippen LogP contribution is -2.46. The molecule has 0 spiro atoms. The molecule has 2 unspecified atom stereocenters. The predicted octanol–water partition coefficient (Wildman–Crippen LogP) is 1.98. The molecule has 0 amide bonds. The molecule has 0 saturated heterocycles. The van der Waals surface area contributed by atoms with Crippen LogP contribution in [0, 0.1) is 11.3 Å². The zero-order valence-electron chi connectivity index (χ0n) is 9.23. The Morgan fingerprint density at radius 1 is 1.44 bits per heavy atom. The number of hydrogen-bond donors (Lipinski definition) is 1. The Hall–Kier alpha value is -1.37. The number of nitrogens with two attached hydrogens (primary N) is 1. The van der Waals surface area contributed by atoms with Gasteiger partial charge in [0.15, 0.2) is 0 Å². The van der Waals surface area contributed by atoms with Gasteiger partial charge in [0.05, 0.1) is 18.8 Å². The summed E-state index contributed by atoms with van der Waals surface area (Å²) in [6.07, 6.45) is 2.47. The van der Waals surface area contributed by atoms with E-state index < -0.39 is 5.54 Å². The number of benzene rings is 1. The molecule has 0 aliphatic heterocycles. The van der Waals surface area contributed by atoms with Gasteiger partial charge in [0.25, 0.3) is 0 Å². The first-order valence-electron chi connectivity index (χ1n) is 5.60. The minimum atomic E-state index is -0.783. The lowest BCUT2D eigenvalue weighted by molar-refractivity contribution is 0.0194. The average Bonchev–Trinajstić information content (AvgIpc) is 2.70. The molecule has 0 aromatic heterocycles. The Kier molecular flexibility index (Phi) is 3.23. The number of nitriles is 1. The Labute approximate surface area is 95.8 Å². The maximum Gasteiger partial charge on any atom is 0.130 e. The number of hydrogen-bond acceptors (Lipinski definition) is 3. The number of ether oxygens (including phenoxy) is 1. The predicted molar refractivity (Wildman–Crippen MR) is 61.4 cm³/mol. The van der Waals surface area contributed by atoms with Crippen molar-refractivity contribution in [3.63, 3.8) is 0 Å². The molecule has 1 aromatic carbocycles. The van der Waals surface area contributed by atoms with E-state index in [-0.39, 0.29) is 6.10 Å². The molecule has 0 bridgehead atoms. The minimum absolute atomic E-state index is 0.127. The van der Waals surface area contributed by atoms with Crippen LogP contribution in [0.5, 0.6) is 0 Å². The first kappa shape index (κ1) is 11.1. The van der Waals surface area contributed by atoms with E-state index in [9.17, 15) is 0 Å². The summed E-state index contributed by atoms with van der Waals surface area (Å²) in [5.41, 5.74) is 6.32. The van der Waals surface area contributed by atoms with Crippen LogP contribution in [0.25, 0.3) is 0 Å². The van der Waals surface area contributed by atoms with Gasteiger partial charge >= 0.3 is 0 Å². The Bertz CT molecular complexity index is 385. The van der Waals surface area contributed by atoms with Crippen molar-refractivity contribution in [3.8, 4) is 6.07 Å². The molecule has 16 heavy (non-hydrogen) atoms. The minimum Gasteiger partial charge on any atom is -0.371 e. The summed E-state index contributed by atoms with van der Waals surface area (Å²) in [5.74, 6) is 0. The lowest BCUT2D eigenvalue weighted by atomic mass is 9.99. The van der Waals surface area contributed by atoms with E-state index in [2.05, 4.69) is 6.07 Å². The van der Waals surface area contributed by atoms with Gasteiger partial charge in [-0.05, 0) is 24.8 Å². The lowest BCUT2D eigenvalue weighted by Gasteiger charge is -2.23.